The van der Waals surface area contributed by atoms with Gasteiger partial charge in [0.1, 0.15) is 0 Å². The minimum atomic E-state index is -0.642. The first-order chi connectivity index (χ1) is 8.75. The largest absolute Gasteiger partial charge is 0.345 e. The van der Waals surface area contributed by atoms with Gasteiger partial charge in [-0.1, -0.05) is 19.3 Å². The first-order valence-electron chi connectivity index (χ1n) is 6.92. The Bertz CT molecular complexity index is 338. The van der Waals surface area contributed by atoms with Crippen LogP contribution in [0.25, 0.3) is 0 Å². The molecule has 0 aromatic carbocycles. The van der Waals surface area contributed by atoms with E-state index < -0.39 is 11.8 Å². The zero-order valence-electron chi connectivity index (χ0n) is 10.7. The highest BCUT2D eigenvalue weighted by molar-refractivity contribution is 6.35. The normalized spacial score (nSPS) is 20.6. The number of carbonyl (C=O) groups excluding carboxylic acids is 2. The number of nitrogens with zero attached hydrogens (tertiary/aromatic N) is 1. The summed E-state index contributed by atoms with van der Waals surface area (Å²) in [4.78, 5) is 22.9. The fourth-order valence-corrected chi connectivity index (χ4v) is 2.08. The zero-order chi connectivity index (χ0) is 12.8. The van der Waals surface area contributed by atoms with E-state index >= 15 is 0 Å². The molecule has 100 valence electrons. The number of hydrogen-bond donors (Lipinski definition) is 2. The lowest BCUT2D eigenvalue weighted by Gasteiger charge is -2.10. The van der Waals surface area contributed by atoms with Crippen LogP contribution in [0.3, 0.4) is 0 Å². The third-order valence-corrected chi connectivity index (χ3v) is 3.37. The molecular weight excluding hydrogens is 230 g/mol. The monoisotopic (exact) mass is 251 g/mol. The Morgan fingerprint density at radius 3 is 2.17 bits per heavy atom. The lowest BCUT2D eigenvalue weighted by atomic mass is 9.99. The van der Waals surface area contributed by atoms with E-state index in [1.54, 1.807) is 0 Å². The predicted molar refractivity (Wildman–Crippen MR) is 69.1 cm³/mol. The van der Waals surface area contributed by atoms with Crippen LogP contribution in [0.1, 0.15) is 57.8 Å². The molecule has 2 N–H and O–H groups in total. The second-order valence-electron chi connectivity index (χ2n) is 5.13. The number of carbonyl (C=O) groups is 2. The van der Waals surface area contributed by atoms with Gasteiger partial charge in [0.05, 0.1) is 0 Å². The summed E-state index contributed by atoms with van der Waals surface area (Å²) in [5, 5.41) is 6.73. The van der Waals surface area contributed by atoms with Gasteiger partial charge in [-0.15, -0.1) is 0 Å². The van der Waals surface area contributed by atoms with Crippen molar-refractivity contribution in [2.75, 3.05) is 0 Å². The van der Waals surface area contributed by atoms with Crippen LogP contribution in [0.5, 0.6) is 0 Å². The summed E-state index contributed by atoms with van der Waals surface area (Å²) in [6.07, 6.45) is 9.84. The molecule has 2 aliphatic rings. The van der Waals surface area contributed by atoms with Crippen molar-refractivity contribution in [3.05, 3.63) is 0 Å². The van der Waals surface area contributed by atoms with Gasteiger partial charge >= 0.3 is 11.8 Å². The second kappa shape index (κ2) is 6.52. The van der Waals surface area contributed by atoms with Gasteiger partial charge in [0.2, 0.25) is 0 Å². The van der Waals surface area contributed by atoms with Crippen LogP contribution in [0, 0.1) is 0 Å². The Kier molecular flexibility index (Phi) is 4.73. The van der Waals surface area contributed by atoms with Crippen LogP contribution >= 0.6 is 0 Å². The minimum absolute atomic E-state index is 0.206. The van der Waals surface area contributed by atoms with E-state index in [-0.39, 0.29) is 6.04 Å². The van der Waals surface area contributed by atoms with Gasteiger partial charge in [0.15, 0.2) is 0 Å². The molecule has 0 spiro atoms. The van der Waals surface area contributed by atoms with E-state index in [9.17, 15) is 9.59 Å². The van der Waals surface area contributed by atoms with Crippen molar-refractivity contribution in [2.24, 2.45) is 5.10 Å². The van der Waals surface area contributed by atoms with Crippen LogP contribution < -0.4 is 10.7 Å². The van der Waals surface area contributed by atoms with Crippen LogP contribution in [-0.2, 0) is 9.59 Å². The summed E-state index contributed by atoms with van der Waals surface area (Å²) in [6, 6.07) is 0.206. The molecule has 5 heteroatoms. The predicted octanol–water partition coefficient (Wildman–Crippen LogP) is 1.48. The standard InChI is InChI=1S/C13H21N3O2/c17-12(14-10-8-9-10)13(18)16-15-11-6-4-2-1-3-5-7-11/h10H,1-9H2,(H,14,17)(H,16,18). The molecule has 2 amide bonds. The highest BCUT2D eigenvalue weighted by atomic mass is 16.2. The van der Waals surface area contributed by atoms with Gasteiger partial charge in [-0.25, -0.2) is 5.43 Å². The van der Waals surface area contributed by atoms with E-state index in [1.807, 2.05) is 0 Å². The molecule has 18 heavy (non-hydrogen) atoms. The second-order valence-corrected chi connectivity index (χ2v) is 5.13. The summed E-state index contributed by atoms with van der Waals surface area (Å²) < 4.78 is 0. The van der Waals surface area contributed by atoms with Crippen molar-refractivity contribution >= 4 is 17.5 Å². The summed E-state index contributed by atoms with van der Waals surface area (Å²) in [6.45, 7) is 0. The molecular formula is C13H21N3O2. The highest BCUT2D eigenvalue weighted by Gasteiger charge is 2.26. The molecule has 0 atom stereocenters. The SMILES string of the molecule is O=C(NN=C1CCCCCCC1)C(=O)NC1CC1. The van der Waals surface area contributed by atoms with Gasteiger partial charge in [0.25, 0.3) is 0 Å². The minimum Gasteiger partial charge on any atom is -0.345 e. The Morgan fingerprint density at radius 1 is 0.944 bits per heavy atom. The van der Waals surface area contributed by atoms with E-state index in [4.69, 9.17) is 0 Å². The van der Waals surface area contributed by atoms with Crippen molar-refractivity contribution in [3.63, 3.8) is 0 Å². The van der Waals surface area contributed by atoms with E-state index in [0.29, 0.717) is 0 Å². The Morgan fingerprint density at radius 2 is 1.56 bits per heavy atom. The van der Waals surface area contributed by atoms with Gasteiger partial charge in [0, 0.05) is 11.8 Å². The van der Waals surface area contributed by atoms with Crippen LogP contribution in [0.15, 0.2) is 5.10 Å². The number of hydrogen-bond acceptors (Lipinski definition) is 3. The van der Waals surface area contributed by atoms with Crippen molar-refractivity contribution in [1.29, 1.82) is 0 Å². The van der Waals surface area contributed by atoms with Crippen molar-refractivity contribution < 1.29 is 9.59 Å². The quantitative estimate of drug-likeness (QED) is 0.576. The molecule has 0 saturated heterocycles. The maximum atomic E-state index is 11.5. The van der Waals surface area contributed by atoms with Gasteiger partial charge < -0.3 is 5.32 Å². The Hall–Kier alpha value is -1.39. The molecule has 0 radical (unpaired) electrons. The summed E-state index contributed by atoms with van der Waals surface area (Å²) in [5.74, 6) is -1.20. The zero-order valence-corrected chi connectivity index (χ0v) is 10.7. The maximum absolute atomic E-state index is 11.5. The number of amides is 2. The van der Waals surface area contributed by atoms with Gasteiger partial charge in [-0.2, -0.15) is 5.10 Å². The summed E-state index contributed by atoms with van der Waals surface area (Å²) in [5.41, 5.74) is 3.39. The fraction of sp³-hybridized carbons (Fsp3) is 0.769. The van der Waals surface area contributed by atoms with Crippen LogP contribution in [-0.4, -0.2) is 23.6 Å². The smallest absolute Gasteiger partial charge is 0.329 e. The molecule has 2 rings (SSSR count). The average molecular weight is 251 g/mol. The lowest BCUT2D eigenvalue weighted by Crippen LogP contribution is -2.39. The number of hydrazone groups is 1. The molecule has 0 heterocycles. The Balaban J connectivity index is 1.76. The molecule has 0 aromatic rings. The number of rotatable bonds is 2. The van der Waals surface area contributed by atoms with Crippen molar-refractivity contribution in [3.8, 4) is 0 Å². The first-order valence-corrected chi connectivity index (χ1v) is 6.92. The molecule has 2 aliphatic carbocycles. The molecule has 2 fully saturated rings. The highest BCUT2D eigenvalue weighted by Crippen LogP contribution is 2.18. The van der Waals surface area contributed by atoms with Crippen molar-refractivity contribution in [1.82, 2.24) is 10.7 Å². The average Bonchev–Trinajstić information content (AvgIpc) is 3.11. The molecule has 0 bridgehead atoms. The van der Waals surface area contributed by atoms with Gasteiger partial charge in [-0.3, -0.25) is 9.59 Å². The molecule has 0 aromatic heterocycles. The third-order valence-electron chi connectivity index (χ3n) is 3.37. The number of nitrogens with one attached hydrogen (secondary N) is 2. The van der Waals surface area contributed by atoms with E-state index in [0.717, 1.165) is 44.2 Å². The topological polar surface area (TPSA) is 70.6 Å². The van der Waals surface area contributed by atoms with Crippen molar-refractivity contribution in [2.45, 2.75) is 63.8 Å². The van der Waals surface area contributed by atoms with E-state index in [2.05, 4.69) is 15.8 Å². The molecule has 0 unspecified atom stereocenters. The van der Waals surface area contributed by atoms with E-state index in [1.165, 1.54) is 19.3 Å². The van der Waals surface area contributed by atoms with Gasteiger partial charge in [-0.05, 0) is 38.5 Å². The molecule has 0 aliphatic heterocycles. The lowest BCUT2D eigenvalue weighted by molar-refractivity contribution is -0.139. The van der Waals surface area contributed by atoms with Crippen LogP contribution in [0.4, 0.5) is 0 Å². The molecule has 5 nitrogen and oxygen atoms in total. The summed E-state index contributed by atoms with van der Waals surface area (Å²) in [7, 11) is 0. The Labute approximate surface area is 107 Å². The fourth-order valence-electron chi connectivity index (χ4n) is 2.08. The van der Waals surface area contributed by atoms with Crippen LogP contribution in [0.2, 0.25) is 0 Å². The summed E-state index contributed by atoms with van der Waals surface area (Å²) >= 11 is 0. The third kappa shape index (κ3) is 4.47. The molecule has 2 saturated carbocycles. The first kappa shape index (κ1) is 13.1. The maximum Gasteiger partial charge on any atom is 0.329 e.